The van der Waals surface area contributed by atoms with Gasteiger partial charge < -0.3 is 5.32 Å². The monoisotopic (exact) mass is 338 g/mol. The molecule has 120 valence electrons. The molecule has 0 aromatic heterocycles. The summed E-state index contributed by atoms with van der Waals surface area (Å²) in [6.45, 7) is 3.77. The van der Waals surface area contributed by atoms with Gasteiger partial charge in [0.2, 0.25) is 0 Å². The van der Waals surface area contributed by atoms with Crippen molar-refractivity contribution >= 4 is 24.8 Å². The minimum atomic E-state index is -0.494. The van der Waals surface area contributed by atoms with Crippen LogP contribution in [0.3, 0.4) is 0 Å². The van der Waals surface area contributed by atoms with Crippen LogP contribution in [0.25, 0.3) is 0 Å². The number of halogens is 4. The first-order chi connectivity index (χ1) is 9.24. The van der Waals surface area contributed by atoms with Crippen molar-refractivity contribution in [2.24, 2.45) is 5.92 Å². The van der Waals surface area contributed by atoms with Gasteiger partial charge in [0.1, 0.15) is 11.6 Å². The molecule has 3 rings (SSSR count). The number of benzene rings is 1. The predicted octanol–water partition coefficient (Wildman–Crippen LogP) is 3.55. The summed E-state index contributed by atoms with van der Waals surface area (Å²) in [5, 5.41) is 3.32. The molecule has 6 heteroatoms. The van der Waals surface area contributed by atoms with Crippen LogP contribution in [0.5, 0.6) is 0 Å². The molecule has 1 heterocycles. The van der Waals surface area contributed by atoms with Crippen molar-refractivity contribution in [1.82, 2.24) is 10.2 Å². The van der Waals surface area contributed by atoms with Crippen molar-refractivity contribution < 1.29 is 8.78 Å². The lowest BCUT2D eigenvalue weighted by atomic mass is 9.98. The second kappa shape index (κ2) is 8.28. The molecule has 2 aliphatic rings. The molecule has 1 saturated carbocycles. The Morgan fingerprint density at radius 1 is 1.14 bits per heavy atom. The van der Waals surface area contributed by atoms with Gasteiger partial charge in [0, 0.05) is 43.9 Å². The molecule has 1 aliphatic carbocycles. The molecule has 1 aromatic carbocycles. The van der Waals surface area contributed by atoms with E-state index in [0.29, 0.717) is 5.56 Å². The van der Waals surface area contributed by atoms with Gasteiger partial charge >= 0.3 is 0 Å². The zero-order valence-corrected chi connectivity index (χ0v) is 13.5. The summed E-state index contributed by atoms with van der Waals surface area (Å²) in [7, 11) is 0. The minimum absolute atomic E-state index is 0. The van der Waals surface area contributed by atoms with E-state index in [4.69, 9.17) is 0 Å². The Bertz CT molecular complexity index is 449. The van der Waals surface area contributed by atoms with Crippen LogP contribution in [-0.2, 0) is 0 Å². The first kappa shape index (κ1) is 18.6. The molecule has 1 saturated heterocycles. The third kappa shape index (κ3) is 4.78. The Kier molecular flexibility index (Phi) is 7.34. The molecule has 0 unspecified atom stereocenters. The van der Waals surface area contributed by atoms with Crippen molar-refractivity contribution in [3.05, 3.63) is 35.4 Å². The van der Waals surface area contributed by atoms with E-state index in [1.165, 1.54) is 18.9 Å². The van der Waals surface area contributed by atoms with Crippen molar-refractivity contribution in [2.75, 3.05) is 26.2 Å². The maximum atomic E-state index is 14.0. The number of piperazine rings is 1. The maximum absolute atomic E-state index is 14.0. The molecule has 0 spiro atoms. The highest BCUT2D eigenvalue weighted by Crippen LogP contribution is 2.40. The Balaban J connectivity index is 0.00000110. The molecule has 1 aliphatic heterocycles. The first-order valence-electron chi connectivity index (χ1n) is 7.14. The fourth-order valence-corrected chi connectivity index (χ4v) is 2.91. The number of nitrogens with one attached hydrogen (secondary N) is 1. The zero-order valence-electron chi connectivity index (χ0n) is 11.9. The molecule has 0 amide bonds. The average molecular weight is 339 g/mol. The lowest BCUT2D eigenvalue weighted by Gasteiger charge is -2.35. The summed E-state index contributed by atoms with van der Waals surface area (Å²) in [4.78, 5) is 2.34. The highest BCUT2D eigenvalue weighted by Gasteiger charge is 2.31. The van der Waals surface area contributed by atoms with Gasteiger partial charge in [0.05, 0.1) is 0 Å². The molecular formula is C15H22Cl2F2N2. The van der Waals surface area contributed by atoms with E-state index in [1.54, 1.807) is 6.07 Å². The molecule has 0 radical (unpaired) electrons. The van der Waals surface area contributed by atoms with Gasteiger partial charge in [-0.15, -0.1) is 24.8 Å². The molecule has 2 nitrogen and oxygen atoms in total. The van der Waals surface area contributed by atoms with Gasteiger partial charge in [-0.3, -0.25) is 4.90 Å². The van der Waals surface area contributed by atoms with Gasteiger partial charge in [0.15, 0.2) is 0 Å². The highest BCUT2D eigenvalue weighted by molar-refractivity contribution is 5.85. The van der Waals surface area contributed by atoms with E-state index in [1.807, 2.05) is 0 Å². The van der Waals surface area contributed by atoms with Gasteiger partial charge in [-0.2, -0.15) is 0 Å². The van der Waals surface area contributed by atoms with Gasteiger partial charge in [-0.1, -0.05) is 18.9 Å². The number of hydrogen-bond donors (Lipinski definition) is 1. The number of hydrogen-bond acceptors (Lipinski definition) is 2. The SMILES string of the molecule is Cl.Cl.Fc1ccc([C@H](CC2CC2)N2CCNCC2)c(F)c1. The van der Waals surface area contributed by atoms with Crippen molar-refractivity contribution in [3.63, 3.8) is 0 Å². The molecule has 0 bridgehead atoms. The van der Waals surface area contributed by atoms with Gasteiger partial charge in [0.25, 0.3) is 0 Å². The van der Waals surface area contributed by atoms with Gasteiger partial charge in [-0.25, -0.2) is 8.78 Å². The number of nitrogens with zero attached hydrogens (tertiary/aromatic N) is 1. The average Bonchev–Trinajstić information content (AvgIpc) is 3.22. The quantitative estimate of drug-likeness (QED) is 0.902. The first-order valence-corrected chi connectivity index (χ1v) is 7.14. The minimum Gasteiger partial charge on any atom is -0.314 e. The zero-order chi connectivity index (χ0) is 13.2. The molecule has 2 fully saturated rings. The lowest BCUT2D eigenvalue weighted by molar-refractivity contribution is 0.157. The largest absolute Gasteiger partial charge is 0.314 e. The second-order valence-electron chi connectivity index (χ2n) is 5.65. The van der Waals surface area contributed by atoms with Crippen LogP contribution < -0.4 is 5.32 Å². The maximum Gasteiger partial charge on any atom is 0.130 e. The van der Waals surface area contributed by atoms with Crippen LogP contribution in [0.15, 0.2) is 18.2 Å². The summed E-state index contributed by atoms with van der Waals surface area (Å²) < 4.78 is 27.1. The summed E-state index contributed by atoms with van der Waals surface area (Å²) >= 11 is 0. The van der Waals surface area contributed by atoms with Crippen LogP contribution in [0, 0.1) is 17.6 Å². The summed E-state index contributed by atoms with van der Waals surface area (Å²) in [6, 6.07) is 4.12. The Morgan fingerprint density at radius 2 is 1.81 bits per heavy atom. The van der Waals surface area contributed by atoms with E-state index < -0.39 is 11.6 Å². The van der Waals surface area contributed by atoms with Crippen LogP contribution in [0.1, 0.15) is 30.9 Å². The van der Waals surface area contributed by atoms with E-state index in [2.05, 4.69) is 10.2 Å². The van der Waals surface area contributed by atoms with E-state index >= 15 is 0 Å². The fraction of sp³-hybridized carbons (Fsp3) is 0.600. The fourth-order valence-electron chi connectivity index (χ4n) is 2.91. The Labute approximate surface area is 137 Å². The summed E-state index contributed by atoms with van der Waals surface area (Å²) in [5.74, 6) is -0.166. The lowest BCUT2D eigenvalue weighted by Crippen LogP contribution is -2.45. The van der Waals surface area contributed by atoms with Crippen LogP contribution in [0.2, 0.25) is 0 Å². The molecule has 1 N–H and O–H groups in total. The molecule has 21 heavy (non-hydrogen) atoms. The normalized spacial score (nSPS) is 20.3. The Hall–Kier alpha value is -0.420. The predicted molar refractivity (Wildman–Crippen MR) is 85.4 cm³/mol. The van der Waals surface area contributed by atoms with Gasteiger partial charge in [-0.05, 0) is 18.4 Å². The topological polar surface area (TPSA) is 15.3 Å². The van der Waals surface area contributed by atoms with Crippen molar-refractivity contribution in [1.29, 1.82) is 0 Å². The molecular weight excluding hydrogens is 317 g/mol. The second-order valence-corrected chi connectivity index (χ2v) is 5.65. The van der Waals surface area contributed by atoms with Crippen LogP contribution in [0.4, 0.5) is 8.78 Å². The van der Waals surface area contributed by atoms with Crippen molar-refractivity contribution in [2.45, 2.75) is 25.3 Å². The highest BCUT2D eigenvalue weighted by atomic mass is 35.5. The summed E-state index contributed by atoms with van der Waals surface area (Å²) in [6.07, 6.45) is 3.51. The Morgan fingerprint density at radius 3 is 2.38 bits per heavy atom. The van der Waals surface area contributed by atoms with E-state index in [9.17, 15) is 8.78 Å². The van der Waals surface area contributed by atoms with Crippen LogP contribution in [-0.4, -0.2) is 31.1 Å². The van der Waals surface area contributed by atoms with E-state index in [-0.39, 0.29) is 30.9 Å². The standard InChI is InChI=1S/C15H20F2N2.2ClH/c16-12-3-4-13(14(17)10-12)15(9-11-1-2-11)19-7-5-18-6-8-19;;/h3-4,10-11,15,18H,1-2,5-9H2;2*1H/t15-;;/m0../s1. The number of rotatable bonds is 4. The third-order valence-corrected chi connectivity index (χ3v) is 4.17. The van der Waals surface area contributed by atoms with Crippen LogP contribution >= 0.6 is 24.8 Å². The smallest absolute Gasteiger partial charge is 0.130 e. The molecule has 1 aromatic rings. The van der Waals surface area contributed by atoms with E-state index in [0.717, 1.165) is 44.6 Å². The van der Waals surface area contributed by atoms with Crippen molar-refractivity contribution in [3.8, 4) is 0 Å². The summed E-state index contributed by atoms with van der Waals surface area (Å²) in [5.41, 5.74) is 0.662. The third-order valence-electron chi connectivity index (χ3n) is 4.17. The molecule has 1 atom stereocenters.